The highest BCUT2D eigenvalue weighted by Gasteiger charge is 2.17. The molecule has 3 nitrogen and oxygen atoms in total. The average Bonchev–Trinajstić information content (AvgIpc) is 2.36. The molecule has 1 atom stereocenters. The van der Waals surface area contributed by atoms with Gasteiger partial charge in [0.2, 0.25) is 0 Å². The number of esters is 1. The lowest BCUT2D eigenvalue weighted by atomic mass is 10.1. The predicted molar refractivity (Wildman–Crippen MR) is 81.1 cm³/mol. The van der Waals surface area contributed by atoms with Gasteiger partial charge in [0.25, 0.3) is 0 Å². The molecule has 0 aliphatic heterocycles. The van der Waals surface area contributed by atoms with Crippen LogP contribution in [0.5, 0.6) is 0 Å². The van der Waals surface area contributed by atoms with Gasteiger partial charge >= 0.3 is 5.97 Å². The molecule has 0 amide bonds. The number of rotatable bonds is 4. The van der Waals surface area contributed by atoms with Gasteiger partial charge in [-0.15, -0.1) is 0 Å². The number of carbonyl (C=O) groups excluding carboxylic acids is 1. The molecule has 0 fully saturated rings. The van der Waals surface area contributed by atoms with Crippen molar-refractivity contribution in [3.05, 3.63) is 41.0 Å². The van der Waals surface area contributed by atoms with Crippen molar-refractivity contribution in [2.45, 2.75) is 33.3 Å². The summed E-state index contributed by atoms with van der Waals surface area (Å²) in [5, 5.41) is 1.06. The number of carbonyl (C=O) groups is 1. The molecular weight excluding hydrogens is 274 g/mol. The van der Waals surface area contributed by atoms with Crippen molar-refractivity contribution in [3.63, 3.8) is 0 Å². The summed E-state index contributed by atoms with van der Waals surface area (Å²) in [6.45, 7) is 6.11. The van der Waals surface area contributed by atoms with Crippen LogP contribution in [0.1, 0.15) is 37.6 Å². The van der Waals surface area contributed by atoms with Crippen LogP contribution in [0.3, 0.4) is 0 Å². The topological polar surface area (TPSA) is 39.2 Å². The van der Waals surface area contributed by atoms with Crippen LogP contribution in [-0.2, 0) is 4.74 Å². The molecule has 0 spiro atoms. The van der Waals surface area contributed by atoms with Crippen molar-refractivity contribution in [1.82, 2.24) is 4.98 Å². The number of benzene rings is 1. The van der Waals surface area contributed by atoms with Crippen molar-refractivity contribution in [3.8, 4) is 0 Å². The van der Waals surface area contributed by atoms with E-state index in [-0.39, 0.29) is 12.1 Å². The number of aromatic nitrogens is 1. The fourth-order valence-electron chi connectivity index (χ4n) is 2.27. The number of pyridine rings is 1. The van der Waals surface area contributed by atoms with Crippen LogP contribution in [0.25, 0.3) is 10.9 Å². The molecule has 0 aliphatic rings. The molecule has 1 aromatic carbocycles. The minimum atomic E-state index is -0.348. The third-order valence-electron chi connectivity index (χ3n) is 3.02. The number of nitrogens with zero attached hydrogens (tertiary/aromatic N) is 1. The van der Waals surface area contributed by atoms with Crippen molar-refractivity contribution in [1.29, 1.82) is 0 Å². The smallest absolute Gasteiger partial charge is 0.339 e. The van der Waals surface area contributed by atoms with Crippen molar-refractivity contribution in [2.24, 2.45) is 5.92 Å². The van der Waals surface area contributed by atoms with Gasteiger partial charge in [-0.25, -0.2) is 9.78 Å². The van der Waals surface area contributed by atoms with E-state index in [9.17, 15) is 4.79 Å². The zero-order valence-corrected chi connectivity index (χ0v) is 12.6. The van der Waals surface area contributed by atoms with Gasteiger partial charge in [-0.05, 0) is 31.4 Å². The molecule has 1 heterocycles. The van der Waals surface area contributed by atoms with Gasteiger partial charge in [0, 0.05) is 5.39 Å². The molecule has 0 saturated carbocycles. The Morgan fingerprint density at radius 1 is 1.30 bits per heavy atom. The maximum Gasteiger partial charge on any atom is 0.339 e. The van der Waals surface area contributed by atoms with E-state index >= 15 is 0 Å². The molecule has 2 rings (SSSR count). The third-order valence-corrected chi connectivity index (χ3v) is 3.21. The van der Waals surface area contributed by atoms with Crippen LogP contribution < -0.4 is 0 Å². The maximum atomic E-state index is 12.3. The van der Waals surface area contributed by atoms with Gasteiger partial charge in [-0.2, -0.15) is 0 Å². The molecule has 0 N–H and O–H groups in total. The highest BCUT2D eigenvalue weighted by Crippen LogP contribution is 2.22. The van der Waals surface area contributed by atoms with Crippen molar-refractivity contribution < 1.29 is 9.53 Å². The lowest BCUT2D eigenvalue weighted by Gasteiger charge is -2.16. The minimum absolute atomic E-state index is 0.117. The summed E-state index contributed by atoms with van der Waals surface area (Å²) in [6.07, 6.45) is 0.718. The third kappa shape index (κ3) is 3.48. The van der Waals surface area contributed by atoms with Crippen LogP contribution in [0.15, 0.2) is 30.3 Å². The Hall–Kier alpha value is -1.61. The highest BCUT2D eigenvalue weighted by molar-refractivity contribution is 6.30. The van der Waals surface area contributed by atoms with E-state index in [4.69, 9.17) is 16.3 Å². The summed E-state index contributed by atoms with van der Waals surface area (Å²) >= 11 is 5.97. The average molecular weight is 292 g/mol. The monoisotopic (exact) mass is 291 g/mol. The highest BCUT2D eigenvalue weighted by atomic mass is 35.5. The Morgan fingerprint density at radius 3 is 2.70 bits per heavy atom. The van der Waals surface area contributed by atoms with Crippen molar-refractivity contribution in [2.75, 3.05) is 0 Å². The van der Waals surface area contributed by atoms with E-state index in [2.05, 4.69) is 18.8 Å². The first-order valence-corrected chi connectivity index (χ1v) is 7.11. The van der Waals surface area contributed by atoms with Gasteiger partial charge in [0.1, 0.15) is 5.15 Å². The first-order valence-electron chi connectivity index (χ1n) is 6.73. The standard InChI is InChI=1S/C16H18ClNO2/c1-10(2)8-11(3)20-16(19)13-9-15(17)18-14-7-5-4-6-12(13)14/h4-7,9-11H,8H2,1-3H3. The SMILES string of the molecule is CC(C)CC(C)OC(=O)c1cc(Cl)nc2ccccc12. The quantitative estimate of drug-likeness (QED) is 0.616. The molecule has 0 radical (unpaired) electrons. The van der Waals surface area contributed by atoms with Crippen LogP contribution in [0, 0.1) is 5.92 Å². The maximum absolute atomic E-state index is 12.3. The summed E-state index contributed by atoms with van der Waals surface area (Å²) in [6, 6.07) is 8.97. The zero-order valence-electron chi connectivity index (χ0n) is 11.9. The lowest BCUT2D eigenvalue weighted by molar-refractivity contribution is 0.0302. The Labute approximate surface area is 123 Å². The Kier molecular flexibility index (Phi) is 4.61. The lowest BCUT2D eigenvalue weighted by Crippen LogP contribution is -2.17. The van der Waals surface area contributed by atoms with Gasteiger partial charge < -0.3 is 4.74 Å². The zero-order chi connectivity index (χ0) is 14.7. The van der Waals surface area contributed by atoms with E-state index in [0.29, 0.717) is 22.2 Å². The van der Waals surface area contributed by atoms with Crippen molar-refractivity contribution >= 4 is 28.5 Å². The predicted octanol–water partition coefficient (Wildman–Crippen LogP) is 4.48. The second-order valence-electron chi connectivity index (χ2n) is 5.36. The van der Waals surface area contributed by atoms with Crippen LogP contribution in [0.4, 0.5) is 0 Å². The largest absolute Gasteiger partial charge is 0.459 e. The number of para-hydroxylation sites is 1. The van der Waals surface area contributed by atoms with Crippen LogP contribution in [-0.4, -0.2) is 17.1 Å². The normalized spacial score (nSPS) is 12.7. The van der Waals surface area contributed by atoms with Gasteiger partial charge in [0.05, 0.1) is 17.2 Å². The Bertz CT molecular complexity index is 625. The van der Waals surface area contributed by atoms with E-state index in [1.54, 1.807) is 6.07 Å². The molecule has 1 aromatic heterocycles. The summed E-state index contributed by atoms with van der Waals surface area (Å²) in [7, 11) is 0. The Balaban J connectivity index is 2.30. The van der Waals surface area contributed by atoms with E-state index in [1.165, 1.54) is 0 Å². The fraction of sp³-hybridized carbons (Fsp3) is 0.375. The van der Waals surface area contributed by atoms with Crippen LogP contribution >= 0.6 is 11.6 Å². The van der Waals surface area contributed by atoms with Gasteiger partial charge in [-0.1, -0.05) is 43.6 Å². The molecule has 1 unspecified atom stereocenters. The molecule has 106 valence electrons. The number of ether oxygens (including phenoxy) is 1. The molecular formula is C16H18ClNO2. The molecule has 0 aliphatic carbocycles. The first kappa shape index (κ1) is 14.8. The summed E-state index contributed by atoms with van der Waals surface area (Å²) in [4.78, 5) is 16.5. The summed E-state index contributed by atoms with van der Waals surface area (Å²) in [5.41, 5.74) is 1.17. The van der Waals surface area contributed by atoms with E-state index in [1.807, 2.05) is 31.2 Å². The second kappa shape index (κ2) is 6.23. The number of hydrogen-bond donors (Lipinski definition) is 0. The van der Waals surface area contributed by atoms with Gasteiger partial charge in [0.15, 0.2) is 0 Å². The number of fused-ring (bicyclic) bond motifs is 1. The Morgan fingerprint density at radius 2 is 2.00 bits per heavy atom. The number of halogens is 1. The van der Waals surface area contributed by atoms with E-state index < -0.39 is 0 Å². The van der Waals surface area contributed by atoms with E-state index in [0.717, 1.165) is 11.8 Å². The minimum Gasteiger partial charge on any atom is -0.459 e. The molecule has 0 bridgehead atoms. The molecule has 20 heavy (non-hydrogen) atoms. The number of hydrogen-bond acceptors (Lipinski definition) is 3. The molecule has 0 saturated heterocycles. The van der Waals surface area contributed by atoms with Gasteiger partial charge in [-0.3, -0.25) is 0 Å². The second-order valence-corrected chi connectivity index (χ2v) is 5.74. The fourth-order valence-corrected chi connectivity index (χ4v) is 2.47. The molecule has 2 aromatic rings. The first-order chi connectivity index (χ1) is 9.47. The summed E-state index contributed by atoms with van der Waals surface area (Å²) < 4.78 is 5.48. The summed E-state index contributed by atoms with van der Waals surface area (Å²) in [5.74, 6) is 0.134. The molecule has 4 heteroatoms. The van der Waals surface area contributed by atoms with Crippen LogP contribution in [0.2, 0.25) is 5.15 Å².